The van der Waals surface area contributed by atoms with Crippen LogP contribution in [0.2, 0.25) is 0 Å². The van der Waals surface area contributed by atoms with Crippen LogP contribution in [0.1, 0.15) is 12.8 Å². The fourth-order valence-electron chi connectivity index (χ4n) is 0.811. The van der Waals surface area contributed by atoms with Crippen LogP contribution >= 0.6 is 0 Å². The van der Waals surface area contributed by atoms with Gasteiger partial charge < -0.3 is 0 Å². The Morgan fingerprint density at radius 1 is 0.692 bits per heavy atom. The van der Waals surface area contributed by atoms with Crippen molar-refractivity contribution in [3.8, 4) is 0 Å². The van der Waals surface area contributed by atoms with Crippen molar-refractivity contribution >= 4 is 0 Å². The van der Waals surface area contributed by atoms with Crippen LogP contribution in [-0.4, -0.2) is 0 Å². The van der Waals surface area contributed by atoms with E-state index >= 15 is 0 Å². The molecule has 0 aromatic rings. The molecule has 0 heterocycles. The van der Waals surface area contributed by atoms with Gasteiger partial charge >= 0.3 is 17.4 Å². The SMILES string of the molecule is [C-]1=CC=CC1.[C-]1=CC=CC=CC1.[Cr+2]. The van der Waals surface area contributed by atoms with Crippen LogP contribution in [0.5, 0.6) is 0 Å². The summed E-state index contributed by atoms with van der Waals surface area (Å²) in [6, 6.07) is 0. The predicted octanol–water partition coefficient (Wildman–Crippen LogP) is 3.17. The summed E-state index contributed by atoms with van der Waals surface area (Å²) >= 11 is 0. The van der Waals surface area contributed by atoms with E-state index in [1.54, 1.807) is 0 Å². The topological polar surface area (TPSA) is 0 Å². The molecular weight excluding hydrogens is 196 g/mol. The zero-order valence-corrected chi connectivity index (χ0v) is 8.72. The first kappa shape index (κ1) is 12.2. The van der Waals surface area contributed by atoms with Crippen molar-refractivity contribution in [1.82, 2.24) is 0 Å². The molecule has 0 fully saturated rings. The molecule has 66 valence electrons. The van der Waals surface area contributed by atoms with Gasteiger partial charge in [0.15, 0.2) is 0 Å². The average molecular weight is 208 g/mol. The van der Waals surface area contributed by atoms with Crippen molar-refractivity contribution in [1.29, 1.82) is 0 Å². The first-order valence-electron chi connectivity index (χ1n) is 4.10. The van der Waals surface area contributed by atoms with Crippen molar-refractivity contribution in [2.45, 2.75) is 12.8 Å². The maximum Gasteiger partial charge on any atom is 2.00 e. The molecule has 2 rings (SSSR count). The molecule has 0 radical (unpaired) electrons. The zero-order chi connectivity index (χ0) is 8.49. The summed E-state index contributed by atoms with van der Waals surface area (Å²) in [5.74, 6) is 0. The Morgan fingerprint density at radius 3 is 1.85 bits per heavy atom. The average Bonchev–Trinajstić information content (AvgIpc) is 2.54. The molecule has 0 bridgehead atoms. The minimum atomic E-state index is 0. The Morgan fingerprint density at radius 2 is 1.31 bits per heavy atom. The van der Waals surface area contributed by atoms with Crippen molar-refractivity contribution in [3.05, 3.63) is 60.8 Å². The smallest absolute Gasteiger partial charge is 0.273 e. The largest absolute Gasteiger partial charge is 2.00 e. The summed E-state index contributed by atoms with van der Waals surface area (Å²) < 4.78 is 0. The second kappa shape index (κ2) is 9.32. The third-order valence-electron chi connectivity index (χ3n) is 1.39. The molecule has 0 spiro atoms. The van der Waals surface area contributed by atoms with Gasteiger partial charge in [-0.2, -0.15) is 6.08 Å². The molecule has 13 heavy (non-hydrogen) atoms. The van der Waals surface area contributed by atoms with Crippen LogP contribution in [-0.2, 0) is 17.4 Å². The van der Waals surface area contributed by atoms with Gasteiger partial charge in [0, 0.05) is 0 Å². The van der Waals surface area contributed by atoms with Crippen molar-refractivity contribution < 1.29 is 17.4 Å². The van der Waals surface area contributed by atoms with Gasteiger partial charge in [0.1, 0.15) is 0 Å². The summed E-state index contributed by atoms with van der Waals surface area (Å²) in [6.07, 6.45) is 24.0. The van der Waals surface area contributed by atoms with Gasteiger partial charge in [-0.05, 0) is 0 Å². The third-order valence-corrected chi connectivity index (χ3v) is 1.39. The van der Waals surface area contributed by atoms with Crippen molar-refractivity contribution in [2.75, 3.05) is 0 Å². The van der Waals surface area contributed by atoms with E-state index in [0.717, 1.165) is 12.8 Å². The van der Waals surface area contributed by atoms with E-state index in [0.29, 0.717) is 0 Å². The fraction of sp³-hybridized carbons (Fsp3) is 0.167. The summed E-state index contributed by atoms with van der Waals surface area (Å²) in [5.41, 5.74) is 0. The molecule has 0 unspecified atom stereocenters. The molecule has 0 atom stereocenters. The van der Waals surface area contributed by atoms with Crippen LogP contribution in [0, 0.1) is 12.2 Å². The number of hydrogen-bond acceptors (Lipinski definition) is 0. The van der Waals surface area contributed by atoms with E-state index in [-0.39, 0.29) is 17.4 Å². The van der Waals surface area contributed by atoms with Crippen LogP contribution in [0.3, 0.4) is 0 Å². The maximum absolute atomic E-state index is 3.05. The van der Waals surface area contributed by atoms with E-state index in [1.165, 1.54) is 0 Å². The van der Waals surface area contributed by atoms with E-state index in [2.05, 4.69) is 24.3 Å². The molecular formula is C12H12Cr. The van der Waals surface area contributed by atoms with E-state index in [4.69, 9.17) is 0 Å². The van der Waals surface area contributed by atoms with Gasteiger partial charge in [0.2, 0.25) is 0 Å². The molecule has 2 aliphatic carbocycles. The van der Waals surface area contributed by atoms with Crippen LogP contribution in [0.25, 0.3) is 0 Å². The minimum absolute atomic E-state index is 0. The Labute approximate surface area is 91.2 Å². The molecule has 0 N–H and O–H groups in total. The van der Waals surface area contributed by atoms with Gasteiger partial charge in [0.05, 0.1) is 0 Å². The Kier molecular flexibility index (Phi) is 8.77. The molecule has 0 nitrogen and oxygen atoms in total. The Bertz CT molecular complexity index is 218. The maximum atomic E-state index is 3.05. The first-order chi connectivity index (χ1) is 6.00. The van der Waals surface area contributed by atoms with Crippen molar-refractivity contribution in [3.63, 3.8) is 0 Å². The first-order valence-corrected chi connectivity index (χ1v) is 4.10. The van der Waals surface area contributed by atoms with Gasteiger partial charge in [-0.25, -0.2) is 24.3 Å². The number of hydrogen-bond donors (Lipinski definition) is 0. The molecule has 0 aliphatic heterocycles. The van der Waals surface area contributed by atoms with Gasteiger partial charge in [-0.3, -0.25) is 12.2 Å². The molecule has 0 aromatic heterocycles. The second-order valence-corrected chi connectivity index (χ2v) is 2.39. The van der Waals surface area contributed by atoms with E-state index < -0.39 is 0 Å². The van der Waals surface area contributed by atoms with Crippen LogP contribution < -0.4 is 0 Å². The van der Waals surface area contributed by atoms with E-state index in [9.17, 15) is 0 Å². The Hall–Kier alpha value is -0.768. The summed E-state index contributed by atoms with van der Waals surface area (Å²) in [4.78, 5) is 0. The summed E-state index contributed by atoms with van der Waals surface area (Å²) in [7, 11) is 0. The molecule has 0 saturated carbocycles. The molecule has 0 saturated heterocycles. The monoisotopic (exact) mass is 208 g/mol. The number of rotatable bonds is 0. The predicted molar refractivity (Wildman–Crippen MR) is 52.3 cm³/mol. The quantitative estimate of drug-likeness (QED) is 0.536. The zero-order valence-electron chi connectivity index (χ0n) is 7.44. The Balaban J connectivity index is 0.000000215. The molecule has 1 heteroatoms. The third kappa shape index (κ3) is 7.59. The molecule has 2 aliphatic rings. The summed E-state index contributed by atoms with van der Waals surface area (Å²) in [6.45, 7) is 0. The van der Waals surface area contributed by atoms with Gasteiger partial charge in [-0.15, -0.1) is 12.5 Å². The summed E-state index contributed by atoms with van der Waals surface area (Å²) in [5, 5.41) is 0. The normalized spacial score (nSPS) is 16.0. The van der Waals surface area contributed by atoms with Gasteiger partial charge in [-0.1, -0.05) is 18.6 Å². The van der Waals surface area contributed by atoms with Crippen LogP contribution in [0.15, 0.2) is 48.6 Å². The fourth-order valence-corrected chi connectivity index (χ4v) is 0.811. The van der Waals surface area contributed by atoms with Gasteiger partial charge in [0.25, 0.3) is 0 Å². The van der Waals surface area contributed by atoms with E-state index in [1.807, 2.05) is 36.5 Å². The second-order valence-electron chi connectivity index (χ2n) is 2.39. The standard InChI is InChI=1S/C7H7.C5H5.Cr/c1-2-4-6-7-5-3-1;1-2-4-5-3-1;/h1-5H,6H2;1-3H,4H2;/q2*-1;+2. The van der Waals surface area contributed by atoms with Crippen molar-refractivity contribution in [2.24, 2.45) is 0 Å². The minimum Gasteiger partial charge on any atom is -0.273 e. The molecule has 0 amide bonds. The van der Waals surface area contributed by atoms with Crippen LogP contribution in [0.4, 0.5) is 0 Å². The number of allylic oxidation sites excluding steroid dienone is 10. The molecule has 0 aromatic carbocycles.